The van der Waals surface area contributed by atoms with Crippen molar-refractivity contribution in [2.24, 2.45) is 0 Å². The van der Waals surface area contributed by atoms with Gasteiger partial charge in [0, 0.05) is 23.8 Å². The number of aliphatic carboxylic acids is 1. The summed E-state index contributed by atoms with van der Waals surface area (Å²) in [7, 11) is 1.61. The molecule has 1 heterocycles. The van der Waals surface area contributed by atoms with E-state index >= 15 is 0 Å². The average Bonchev–Trinajstić information content (AvgIpc) is 2.95. The molecule has 0 bridgehead atoms. The molecule has 0 saturated carbocycles. The lowest BCUT2D eigenvalue weighted by atomic mass is 10.2. The molecule has 0 fully saturated rings. The zero-order valence-electron chi connectivity index (χ0n) is 12.0. The number of anilines is 1. The van der Waals surface area contributed by atoms with Crippen LogP contribution in [0.3, 0.4) is 0 Å². The van der Waals surface area contributed by atoms with Gasteiger partial charge in [-0.05, 0) is 30.7 Å². The molecule has 2 N–H and O–H groups in total. The molecular formula is C15H16N2O4S. The van der Waals surface area contributed by atoms with Crippen LogP contribution in [0.5, 0.6) is 5.75 Å². The summed E-state index contributed by atoms with van der Waals surface area (Å²) in [6.07, 6.45) is 0.476. The third kappa shape index (κ3) is 4.56. The van der Waals surface area contributed by atoms with Crippen LogP contribution < -0.4 is 10.1 Å². The summed E-state index contributed by atoms with van der Waals surface area (Å²) in [6, 6.07) is 7.48. The Bertz CT molecular complexity index is 652. The Hall–Kier alpha value is -2.41. The lowest BCUT2D eigenvalue weighted by Gasteiger charge is -2.01. The van der Waals surface area contributed by atoms with Crippen molar-refractivity contribution in [1.29, 1.82) is 0 Å². The highest BCUT2D eigenvalue weighted by Crippen LogP contribution is 2.26. The second-order valence-electron chi connectivity index (χ2n) is 4.56. The Morgan fingerprint density at radius 1 is 1.27 bits per heavy atom. The van der Waals surface area contributed by atoms with Crippen molar-refractivity contribution in [1.82, 2.24) is 4.98 Å². The van der Waals surface area contributed by atoms with E-state index in [1.165, 1.54) is 11.3 Å². The van der Waals surface area contributed by atoms with E-state index < -0.39 is 5.97 Å². The number of hydrogen-bond acceptors (Lipinski definition) is 5. The lowest BCUT2D eigenvalue weighted by molar-refractivity contribution is -0.137. The SMILES string of the molecule is COc1ccc(-c2csc(NC(=O)CCCC(=O)O)n2)cc1. The number of nitrogens with one attached hydrogen (secondary N) is 1. The molecule has 0 aliphatic rings. The van der Waals surface area contributed by atoms with Gasteiger partial charge in [-0.3, -0.25) is 9.59 Å². The first kappa shape index (κ1) is 16.0. The fourth-order valence-corrected chi connectivity index (χ4v) is 2.54. The van der Waals surface area contributed by atoms with Crippen LogP contribution in [-0.4, -0.2) is 29.1 Å². The highest BCUT2D eigenvalue weighted by atomic mass is 32.1. The maximum atomic E-state index is 11.7. The molecule has 7 heteroatoms. The number of nitrogens with zero attached hydrogens (tertiary/aromatic N) is 1. The monoisotopic (exact) mass is 320 g/mol. The van der Waals surface area contributed by atoms with E-state index in [0.29, 0.717) is 11.6 Å². The molecule has 1 amide bonds. The van der Waals surface area contributed by atoms with Crippen molar-refractivity contribution in [3.63, 3.8) is 0 Å². The van der Waals surface area contributed by atoms with Crippen molar-refractivity contribution < 1.29 is 19.4 Å². The Balaban J connectivity index is 1.93. The predicted octanol–water partition coefficient (Wildman–Crippen LogP) is 3.01. The molecule has 0 saturated heterocycles. The first-order chi connectivity index (χ1) is 10.6. The molecule has 0 radical (unpaired) electrons. The normalized spacial score (nSPS) is 10.2. The number of carboxylic acids is 1. The van der Waals surface area contributed by atoms with Crippen molar-refractivity contribution in [3.8, 4) is 17.0 Å². The molecule has 0 unspecified atom stereocenters. The van der Waals surface area contributed by atoms with Crippen LogP contribution in [-0.2, 0) is 9.59 Å². The standard InChI is InChI=1S/C15H16N2O4S/c1-21-11-7-5-10(6-8-11)12-9-22-15(16-12)17-13(18)3-2-4-14(19)20/h5-9H,2-4H2,1H3,(H,19,20)(H,16,17,18). The maximum Gasteiger partial charge on any atom is 0.303 e. The summed E-state index contributed by atoms with van der Waals surface area (Å²) in [5.74, 6) is -0.355. The molecule has 2 aromatic rings. The summed E-state index contributed by atoms with van der Waals surface area (Å²) in [5.41, 5.74) is 1.71. The number of aromatic nitrogens is 1. The van der Waals surface area contributed by atoms with Gasteiger partial charge in [0.05, 0.1) is 12.8 Å². The number of carbonyl (C=O) groups is 2. The average molecular weight is 320 g/mol. The Morgan fingerprint density at radius 2 is 2.00 bits per heavy atom. The highest BCUT2D eigenvalue weighted by Gasteiger charge is 2.09. The predicted molar refractivity (Wildman–Crippen MR) is 84.2 cm³/mol. The zero-order chi connectivity index (χ0) is 15.9. The fraction of sp³-hybridized carbons (Fsp3) is 0.267. The van der Waals surface area contributed by atoms with Gasteiger partial charge >= 0.3 is 5.97 Å². The molecule has 116 valence electrons. The molecule has 2 rings (SSSR count). The van der Waals surface area contributed by atoms with Gasteiger partial charge in [0.2, 0.25) is 5.91 Å². The van der Waals surface area contributed by atoms with Gasteiger partial charge in [-0.15, -0.1) is 11.3 Å². The minimum atomic E-state index is -0.899. The van der Waals surface area contributed by atoms with Gasteiger partial charge in [0.25, 0.3) is 0 Å². The Kier molecular flexibility index (Phi) is 5.48. The quantitative estimate of drug-likeness (QED) is 0.818. The van der Waals surface area contributed by atoms with Gasteiger partial charge in [-0.2, -0.15) is 0 Å². The zero-order valence-corrected chi connectivity index (χ0v) is 12.9. The molecule has 1 aromatic carbocycles. The molecule has 22 heavy (non-hydrogen) atoms. The van der Waals surface area contributed by atoms with E-state index in [-0.39, 0.29) is 18.7 Å². The van der Waals surface area contributed by atoms with Gasteiger partial charge < -0.3 is 15.2 Å². The minimum absolute atomic E-state index is 0.0115. The van der Waals surface area contributed by atoms with Crippen molar-refractivity contribution in [3.05, 3.63) is 29.6 Å². The lowest BCUT2D eigenvalue weighted by Crippen LogP contribution is -2.11. The topological polar surface area (TPSA) is 88.5 Å². The van der Waals surface area contributed by atoms with Crippen LogP contribution in [0.15, 0.2) is 29.6 Å². The molecule has 1 aromatic heterocycles. The second-order valence-corrected chi connectivity index (χ2v) is 5.42. The number of rotatable bonds is 7. The third-order valence-corrected chi connectivity index (χ3v) is 3.69. The van der Waals surface area contributed by atoms with Gasteiger partial charge in [0.15, 0.2) is 5.13 Å². The number of thiazole rings is 1. The largest absolute Gasteiger partial charge is 0.497 e. The van der Waals surface area contributed by atoms with E-state index in [4.69, 9.17) is 9.84 Å². The molecular weight excluding hydrogens is 304 g/mol. The Labute approximate surface area is 131 Å². The summed E-state index contributed by atoms with van der Waals surface area (Å²) in [5, 5.41) is 13.6. The summed E-state index contributed by atoms with van der Waals surface area (Å²) in [6.45, 7) is 0. The first-order valence-corrected chi connectivity index (χ1v) is 7.58. The Morgan fingerprint density at radius 3 is 2.64 bits per heavy atom. The number of ether oxygens (including phenoxy) is 1. The van der Waals surface area contributed by atoms with E-state index in [1.807, 2.05) is 29.6 Å². The van der Waals surface area contributed by atoms with Crippen LogP contribution in [0.1, 0.15) is 19.3 Å². The molecule has 0 aliphatic heterocycles. The molecule has 0 spiro atoms. The summed E-state index contributed by atoms with van der Waals surface area (Å²) in [4.78, 5) is 26.4. The van der Waals surface area contributed by atoms with Crippen LogP contribution in [0.2, 0.25) is 0 Å². The maximum absolute atomic E-state index is 11.7. The van der Waals surface area contributed by atoms with E-state index in [9.17, 15) is 9.59 Å². The first-order valence-electron chi connectivity index (χ1n) is 6.70. The highest BCUT2D eigenvalue weighted by molar-refractivity contribution is 7.14. The molecule has 6 nitrogen and oxygen atoms in total. The summed E-state index contributed by atoms with van der Waals surface area (Å²) < 4.78 is 5.10. The number of methoxy groups -OCH3 is 1. The number of hydrogen-bond donors (Lipinski definition) is 2. The minimum Gasteiger partial charge on any atom is -0.497 e. The third-order valence-electron chi connectivity index (χ3n) is 2.93. The van der Waals surface area contributed by atoms with Crippen molar-refractivity contribution in [2.45, 2.75) is 19.3 Å². The second kappa shape index (κ2) is 7.56. The smallest absolute Gasteiger partial charge is 0.303 e. The van der Waals surface area contributed by atoms with Gasteiger partial charge in [-0.25, -0.2) is 4.98 Å². The fourth-order valence-electron chi connectivity index (χ4n) is 1.81. The van der Waals surface area contributed by atoms with Crippen molar-refractivity contribution in [2.75, 3.05) is 12.4 Å². The van der Waals surface area contributed by atoms with Crippen LogP contribution in [0.25, 0.3) is 11.3 Å². The number of carbonyl (C=O) groups excluding carboxylic acids is 1. The van der Waals surface area contributed by atoms with Crippen LogP contribution in [0.4, 0.5) is 5.13 Å². The van der Waals surface area contributed by atoms with Crippen LogP contribution in [0, 0.1) is 0 Å². The van der Waals surface area contributed by atoms with Gasteiger partial charge in [0.1, 0.15) is 5.75 Å². The molecule has 0 aliphatic carbocycles. The number of benzene rings is 1. The number of carboxylic acid groups (broad SMARTS) is 1. The van der Waals surface area contributed by atoms with Crippen LogP contribution >= 0.6 is 11.3 Å². The summed E-state index contributed by atoms with van der Waals surface area (Å²) >= 11 is 1.33. The van der Waals surface area contributed by atoms with Gasteiger partial charge in [-0.1, -0.05) is 0 Å². The number of amides is 1. The van der Waals surface area contributed by atoms with E-state index in [2.05, 4.69) is 10.3 Å². The molecule has 0 atom stereocenters. The van der Waals surface area contributed by atoms with Crippen molar-refractivity contribution >= 4 is 28.3 Å². The van der Waals surface area contributed by atoms with E-state index in [1.54, 1.807) is 7.11 Å². The van der Waals surface area contributed by atoms with E-state index in [0.717, 1.165) is 17.0 Å².